The van der Waals surface area contributed by atoms with Crippen LogP contribution in [-0.4, -0.2) is 55.6 Å². The van der Waals surface area contributed by atoms with Crippen molar-refractivity contribution in [3.63, 3.8) is 0 Å². The molecule has 20 heavy (non-hydrogen) atoms. The molecule has 0 bridgehead atoms. The lowest BCUT2D eigenvalue weighted by Crippen LogP contribution is -2.47. The fraction of sp³-hybridized carbons (Fsp3) is 0.750. The summed E-state index contributed by atoms with van der Waals surface area (Å²) in [5.41, 5.74) is 0. The lowest BCUT2D eigenvalue weighted by Gasteiger charge is -2.35. The first-order valence-electron chi connectivity index (χ1n) is 8.05. The molecule has 1 aliphatic rings. The Morgan fingerprint density at radius 1 is 1.35 bits per heavy atom. The summed E-state index contributed by atoms with van der Waals surface area (Å²) in [4.78, 5) is 5.11. The van der Waals surface area contributed by atoms with Crippen LogP contribution in [0.2, 0.25) is 0 Å². The second-order valence-corrected chi connectivity index (χ2v) is 5.56. The van der Waals surface area contributed by atoms with Gasteiger partial charge in [0.15, 0.2) is 0 Å². The molecule has 114 valence electrons. The van der Waals surface area contributed by atoms with E-state index in [1.807, 2.05) is 6.07 Å². The second kappa shape index (κ2) is 8.45. The fourth-order valence-electron chi connectivity index (χ4n) is 2.90. The van der Waals surface area contributed by atoms with Gasteiger partial charge in [-0.05, 0) is 31.6 Å². The summed E-state index contributed by atoms with van der Waals surface area (Å²) < 4.78 is 5.72. The average molecular weight is 279 g/mol. The summed E-state index contributed by atoms with van der Waals surface area (Å²) >= 11 is 0. The minimum Gasteiger partial charge on any atom is -0.468 e. The van der Waals surface area contributed by atoms with Crippen LogP contribution in [0, 0.1) is 0 Å². The number of rotatable bonds is 8. The molecular formula is C16H29N3O. The van der Waals surface area contributed by atoms with Gasteiger partial charge in [0.2, 0.25) is 0 Å². The van der Waals surface area contributed by atoms with E-state index in [0.717, 1.165) is 51.6 Å². The van der Waals surface area contributed by atoms with Crippen LogP contribution in [0.15, 0.2) is 22.8 Å². The van der Waals surface area contributed by atoms with Gasteiger partial charge in [-0.15, -0.1) is 0 Å². The first kappa shape index (κ1) is 15.5. The molecule has 0 aromatic carbocycles. The molecule has 0 amide bonds. The molecule has 2 rings (SSSR count). The maximum atomic E-state index is 5.72. The van der Waals surface area contributed by atoms with Crippen molar-refractivity contribution in [1.82, 2.24) is 15.1 Å². The van der Waals surface area contributed by atoms with Crippen LogP contribution < -0.4 is 5.32 Å². The fourth-order valence-corrected chi connectivity index (χ4v) is 2.90. The van der Waals surface area contributed by atoms with Crippen molar-refractivity contribution in [1.29, 1.82) is 0 Å². The summed E-state index contributed by atoms with van der Waals surface area (Å²) in [5, 5.41) is 3.42. The lowest BCUT2D eigenvalue weighted by molar-refractivity contribution is 0.117. The zero-order chi connectivity index (χ0) is 14.2. The number of hydrogen-bond donors (Lipinski definition) is 1. The van der Waals surface area contributed by atoms with E-state index < -0.39 is 0 Å². The zero-order valence-electron chi connectivity index (χ0n) is 13.0. The van der Waals surface area contributed by atoms with Crippen molar-refractivity contribution in [2.45, 2.75) is 32.7 Å². The molecule has 1 aliphatic heterocycles. The quantitative estimate of drug-likeness (QED) is 0.791. The van der Waals surface area contributed by atoms with E-state index in [1.165, 1.54) is 12.8 Å². The molecule has 0 aliphatic carbocycles. The number of likely N-dealkylation sites (N-methyl/N-ethyl adjacent to an activating group) is 1. The third-order valence-corrected chi connectivity index (χ3v) is 4.16. The molecule has 0 radical (unpaired) electrons. The van der Waals surface area contributed by atoms with Crippen LogP contribution in [0.25, 0.3) is 0 Å². The number of nitrogens with one attached hydrogen (secondary N) is 1. The normalized spacial score (nSPS) is 18.6. The van der Waals surface area contributed by atoms with Gasteiger partial charge in [-0.2, -0.15) is 0 Å². The predicted molar refractivity (Wildman–Crippen MR) is 82.9 cm³/mol. The molecule has 1 aromatic rings. The van der Waals surface area contributed by atoms with Crippen LogP contribution in [0.5, 0.6) is 0 Å². The minimum atomic E-state index is 0.389. The van der Waals surface area contributed by atoms with Crippen molar-refractivity contribution in [2.75, 3.05) is 45.8 Å². The molecule has 1 N–H and O–H groups in total. The number of furan rings is 1. The van der Waals surface area contributed by atoms with Crippen LogP contribution in [0.1, 0.15) is 38.5 Å². The van der Waals surface area contributed by atoms with Crippen LogP contribution >= 0.6 is 0 Å². The zero-order valence-corrected chi connectivity index (χ0v) is 13.0. The van der Waals surface area contributed by atoms with Crippen molar-refractivity contribution < 1.29 is 4.42 Å². The van der Waals surface area contributed by atoms with E-state index in [0.29, 0.717) is 6.04 Å². The van der Waals surface area contributed by atoms with Crippen molar-refractivity contribution in [3.8, 4) is 0 Å². The minimum absolute atomic E-state index is 0.389. The lowest BCUT2D eigenvalue weighted by atomic mass is 10.1. The van der Waals surface area contributed by atoms with Gasteiger partial charge in [-0.1, -0.05) is 20.3 Å². The van der Waals surface area contributed by atoms with Gasteiger partial charge in [-0.25, -0.2) is 0 Å². The van der Waals surface area contributed by atoms with Crippen molar-refractivity contribution in [2.24, 2.45) is 0 Å². The first-order chi connectivity index (χ1) is 9.85. The number of unbranched alkanes of at least 4 members (excludes halogenated alkanes) is 1. The van der Waals surface area contributed by atoms with Gasteiger partial charge in [0.25, 0.3) is 0 Å². The highest BCUT2D eigenvalue weighted by molar-refractivity contribution is 5.06. The third kappa shape index (κ3) is 4.33. The maximum Gasteiger partial charge on any atom is 0.122 e. The van der Waals surface area contributed by atoms with E-state index >= 15 is 0 Å². The Labute approximate surface area is 123 Å². The molecule has 4 nitrogen and oxygen atoms in total. The van der Waals surface area contributed by atoms with Gasteiger partial charge in [0.1, 0.15) is 5.76 Å². The second-order valence-electron chi connectivity index (χ2n) is 5.56. The van der Waals surface area contributed by atoms with E-state index in [4.69, 9.17) is 4.42 Å². The largest absolute Gasteiger partial charge is 0.468 e. The number of nitrogens with zero attached hydrogens (tertiary/aromatic N) is 2. The molecule has 1 atom stereocenters. The SMILES string of the molecule is CCCCN(CC)C(CN1CCNCC1)c1ccco1. The van der Waals surface area contributed by atoms with Crippen LogP contribution in [-0.2, 0) is 0 Å². The molecule has 2 heterocycles. The maximum absolute atomic E-state index is 5.72. The van der Waals surface area contributed by atoms with E-state index in [1.54, 1.807) is 6.26 Å². The Balaban J connectivity index is 2.02. The van der Waals surface area contributed by atoms with Crippen LogP contribution in [0.3, 0.4) is 0 Å². The molecule has 1 aromatic heterocycles. The van der Waals surface area contributed by atoms with E-state index in [9.17, 15) is 0 Å². The van der Waals surface area contributed by atoms with Gasteiger partial charge < -0.3 is 9.73 Å². The smallest absolute Gasteiger partial charge is 0.122 e. The Hall–Kier alpha value is -0.840. The predicted octanol–water partition coefficient (Wildman–Crippen LogP) is 2.35. The van der Waals surface area contributed by atoms with Gasteiger partial charge in [0.05, 0.1) is 12.3 Å². The van der Waals surface area contributed by atoms with Gasteiger partial charge >= 0.3 is 0 Å². The monoisotopic (exact) mass is 279 g/mol. The molecule has 0 spiro atoms. The number of piperazine rings is 1. The highest BCUT2D eigenvalue weighted by Crippen LogP contribution is 2.23. The summed E-state index contributed by atoms with van der Waals surface area (Å²) in [7, 11) is 0. The van der Waals surface area contributed by atoms with Crippen molar-refractivity contribution in [3.05, 3.63) is 24.2 Å². The Bertz CT molecular complexity index is 347. The molecule has 0 saturated carbocycles. The Morgan fingerprint density at radius 3 is 2.75 bits per heavy atom. The Kier molecular flexibility index (Phi) is 6.57. The highest BCUT2D eigenvalue weighted by atomic mass is 16.3. The molecule has 4 heteroatoms. The third-order valence-electron chi connectivity index (χ3n) is 4.16. The standard InChI is InChI=1S/C16H29N3O/c1-3-5-10-19(4-2)15(16-7-6-13-20-16)14-18-11-8-17-9-12-18/h6-7,13,15,17H,3-5,8-12,14H2,1-2H3. The van der Waals surface area contributed by atoms with E-state index in [2.05, 4.69) is 35.0 Å². The van der Waals surface area contributed by atoms with Crippen molar-refractivity contribution >= 4 is 0 Å². The highest BCUT2D eigenvalue weighted by Gasteiger charge is 2.24. The number of hydrogen-bond acceptors (Lipinski definition) is 4. The summed E-state index contributed by atoms with van der Waals surface area (Å²) in [6.07, 6.45) is 4.30. The molecular weight excluding hydrogens is 250 g/mol. The molecule has 1 saturated heterocycles. The summed E-state index contributed by atoms with van der Waals surface area (Å²) in [5.74, 6) is 1.11. The first-order valence-corrected chi connectivity index (χ1v) is 8.05. The average Bonchev–Trinajstić information content (AvgIpc) is 3.02. The topological polar surface area (TPSA) is 31.6 Å². The Morgan fingerprint density at radius 2 is 2.15 bits per heavy atom. The van der Waals surface area contributed by atoms with Gasteiger partial charge in [0, 0.05) is 32.7 Å². The van der Waals surface area contributed by atoms with Gasteiger partial charge in [-0.3, -0.25) is 9.80 Å². The van der Waals surface area contributed by atoms with E-state index in [-0.39, 0.29) is 0 Å². The summed E-state index contributed by atoms with van der Waals surface area (Å²) in [6, 6.07) is 4.52. The molecule has 1 fully saturated rings. The summed E-state index contributed by atoms with van der Waals surface area (Å²) in [6.45, 7) is 12.3. The molecule has 1 unspecified atom stereocenters. The van der Waals surface area contributed by atoms with Crippen LogP contribution in [0.4, 0.5) is 0 Å².